The van der Waals surface area contributed by atoms with Crippen molar-refractivity contribution >= 4 is 33.2 Å². The number of carbonyl (C=O) groups is 1. The summed E-state index contributed by atoms with van der Waals surface area (Å²) in [5, 5.41) is 2.90. The van der Waals surface area contributed by atoms with Gasteiger partial charge in [0.15, 0.2) is 0 Å². The van der Waals surface area contributed by atoms with Crippen molar-refractivity contribution in [2.24, 2.45) is 0 Å². The van der Waals surface area contributed by atoms with Gasteiger partial charge in [-0.1, -0.05) is 54.0 Å². The molecule has 0 unspecified atom stereocenters. The monoisotopic (exact) mass is 516 g/mol. The molecule has 1 heterocycles. The first-order valence-electron chi connectivity index (χ1n) is 10.7. The molecular formula is C25H29BrN2O3S. The number of aromatic nitrogens is 1. The third-order valence-corrected chi connectivity index (χ3v) is 6.34. The number of amides is 1. The zero-order chi connectivity index (χ0) is 22.9. The largest absolute Gasteiger partial charge is 0.486 e. The minimum absolute atomic E-state index is 0.0148. The molecule has 1 aromatic heterocycles. The quantitative estimate of drug-likeness (QED) is 0.281. The average Bonchev–Trinajstić information content (AvgIpc) is 3.24. The summed E-state index contributed by atoms with van der Waals surface area (Å²) in [4.78, 5) is 19.7. The Morgan fingerprint density at radius 2 is 2.00 bits per heavy atom. The van der Waals surface area contributed by atoms with Crippen LogP contribution in [-0.4, -0.2) is 36.1 Å². The molecule has 3 rings (SSSR count). The molecule has 32 heavy (non-hydrogen) atoms. The number of ether oxygens (including phenoxy) is 2. The van der Waals surface area contributed by atoms with Crippen LogP contribution in [0.1, 0.15) is 52.8 Å². The summed E-state index contributed by atoms with van der Waals surface area (Å²) < 4.78 is 12.1. The van der Waals surface area contributed by atoms with Crippen LogP contribution in [0.2, 0.25) is 0 Å². The average molecular weight is 517 g/mol. The summed E-state index contributed by atoms with van der Waals surface area (Å²) in [6.45, 7) is 6.39. The first-order chi connectivity index (χ1) is 15.5. The Balaban J connectivity index is 1.67. The van der Waals surface area contributed by atoms with Crippen LogP contribution < -0.4 is 4.74 Å². The van der Waals surface area contributed by atoms with E-state index in [4.69, 9.17) is 14.5 Å². The van der Waals surface area contributed by atoms with Crippen molar-refractivity contribution in [3.63, 3.8) is 0 Å². The second-order valence-corrected chi connectivity index (χ2v) is 9.66. The highest BCUT2D eigenvalue weighted by molar-refractivity contribution is 9.10. The van der Waals surface area contributed by atoms with Crippen LogP contribution in [0.4, 0.5) is 0 Å². The molecule has 0 radical (unpaired) electrons. The highest BCUT2D eigenvalue weighted by Gasteiger charge is 2.18. The predicted molar refractivity (Wildman–Crippen MR) is 132 cm³/mol. The maximum Gasteiger partial charge on any atom is 0.254 e. The second-order valence-electron chi connectivity index (χ2n) is 7.80. The number of para-hydroxylation sites is 1. The number of thiazole rings is 1. The summed E-state index contributed by atoms with van der Waals surface area (Å²) in [6, 6.07) is 15.6. The molecule has 0 spiro atoms. The third kappa shape index (κ3) is 6.89. The first kappa shape index (κ1) is 24.4. The predicted octanol–water partition coefficient (Wildman–Crippen LogP) is 6.29. The molecule has 170 valence electrons. The molecule has 5 nitrogen and oxygen atoms in total. The zero-order valence-electron chi connectivity index (χ0n) is 18.7. The topological polar surface area (TPSA) is 51.7 Å². The summed E-state index contributed by atoms with van der Waals surface area (Å²) in [5.74, 6) is 1.27. The lowest BCUT2D eigenvalue weighted by atomic mass is 10.0. The third-order valence-electron chi connectivity index (χ3n) is 4.98. The van der Waals surface area contributed by atoms with Gasteiger partial charge in [0.2, 0.25) is 0 Å². The van der Waals surface area contributed by atoms with E-state index < -0.39 is 0 Å². The fourth-order valence-electron chi connectivity index (χ4n) is 3.37. The number of hydrogen-bond acceptors (Lipinski definition) is 5. The fourth-order valence-corrected chi connectivity index (χ4v) is 4.46. The SMILES string of the molecule is COCCCN(Cc1csc(COc2ccccc2C(C)C)n1)C(=O)c1cccc(Br)c1. The van der Waals surface area contributed by atoms with Crippen LogP contribution in [0.3, 0.4) is 0 Å². The van der Waals surface area contributed by atoms with Crippen molar-refractivity contribution in [3.8, 4) is 5.75 Å². The van der Waals surface area contributed by atoms with Gasteiger partial charge in [-0.05, 0) is 42.2 Å². The Hall–Kier alpha value is -2.22. The molecule has 0 N–H and O–H groups in total. The molecule has 2 aromatic carbocycles. The number of hydrogen-bond donors (Lipinski definition) is 0. The normalized spacial score (nSPS) is 11.0. The molecule has 0 aliphatic heterocycles. The fraction of sp³-hybridized carbons (Fsp3) is 0.360. The van der Waals surface area contributed by atoms with Crippen LogP contribution in [0.5, 0.6) is 5.75 Å². The Bertz CT molecular complexity index is 1020. The van der Waals surface area contributed by atoms with Crippen LogP contribution in [-0.2, 0) is 17.9 Å². The highest BCUT2D eigenvalue weighted by atomic mass is 79.9. The molecule has 0 fully saturated rings. The van der Waals surface area contributed by atoms with Gasteiger partial charge in [-0.3, -0.25) is 4.79 Å². The molecule has 0 bridgehead atoms. The van der Waals surface area contributed by atoms with E-state index in [9.17, 15) is 4.79 Å². The van der Waals surface area contributed by atoms with E-state index in [0.29, 0.717) is 37.8 Å². The minimum atomic E-state index is -0.0148. The van der Waals surface area contributed by atoms with Gasteiger partial charge in [0, 0.05) is 35.7 Å². The lowest BCUT2D eigenvalue weighted by Gasteiger charge is -2.22. The molecule has 0 saturated carbocycles. The van der Waals surface area contributed by atoms with E-state index in [1.54, 1.807) is 18.4 Å². The minimum Gasteiger partial charge on any atom is -0.486 e. The molecule has 0 aliphatic rings. The van der Waals surface area contributed by atoms with Crippen LogP contribution >= 0.6 is 27.3 Å². The highest BCUT2D eigenvalue weighted by Crippen LogP contribution is 2.27. The number of rotatable bonds is 11. The molecule has 7 heteroatoms. The number of methoxy groups -OCH3 is 1. The van der Waals surface area contributed by atoms with Crippen LogP contribution in [0, 0.1) is 0 Å². The van der Waals surface area contributed by atoms with Crippen LogP contribution in [0.15, 0.2) is 58.4 Å². The van der Waals surface area contributed by atoms with Gasteiger partial charge in [0.05, 0.1) is 12.2 Å². The van der Waals surface area contributed by atoms with Gasteiger partial charge in [-0.25, -0.2) is 4.98 Å². The van der Waals surface area contributed by atoms with Crippen molar-refractivity contribution in [2.45, 2.75) is 39.3 Å². The zero-order valence-corrected chi connectivity index (χ0v) is 21.1. The maximum atomic E-state index is 13.1. The van der Waals surface area contributed by atoms with Crippen LogP contribution in [0.25, 0.3) is 0 Å². The number of halogens is 1. The number of carbonyl (C=O) groups excluding carboxylic acids is 1. The molecule has 0 saturated heterocycles. The Kier molecular flexibility index (Phi) is 9.26. The lowest BCUT2D eigenvalue weighted by Crippen LogP contribution is -2.32. The molecule has 0 atom stereocenters. The van der Waals surface area contributed by atoms with Gasteiger partial charge >= 0.3 is 0 Å². The van der Waals surface area contributed by atoms with Crippen molar-refractivity contribution in [3.05, 3.63) is 80.2 Å². The van der Waals surface area contributed by atoms with Crippen molar-refractivity contribution in [1.29, 1.82) is 0 Å². The van der Waals surface area contributed by atoms with E-state index in [2.05, 4.69) is 35.8 Å². The summed E-state index contributed by atoms with van der Waals surface area (Å²) >= 11 is 5.01. The standard InChI is InChI=1S/C25H29BrN2O3S/c1-18(2)22-10-4-5-11-23(22)31-16-24-27-21(17-32-24)15-28(12-7-13-30-3)25(29)19-8-6-9-20(26)14-19/h4-6,8-11,14,17-18H,7,12-13,15-16H2,1-3H3. The van der Waals surface area contributed by atoms with Gasteiger partial charge in [-0.15, -0.1) is 11.3 Å². The van der Waals surface area contributed by atoms with E-state index in [1.165, 1.54) is 5.56 Å². The number of benzene rings is 2. The van der Waals surface area contributed by atoms with E-state index >= 15 is 0 Å². The second kappa shape index (κ2) is 12.1. The van der Waals surface area contributed by atoms with Gasteiger partial charge in [0.1, 0.15) is 17.4 Å². The molecule has 0 aliphatic carbocycles. The van der Waals surface area contributed by atoms with Gasteiger partial charge < -0.3 is 14.4 Å². The summed E-state index contributed by atoms with van der Waals surface area (Å²) in [7, 11) is 1.67. The first-order valence-corrected chi connectivity index (χ1v) is 12.3. The van der Waals surface area contributed by atoms with E-state index in [1.807, 2.05) is 52.7 Å². The van der Waals surface area contributed by atoms with Crippen molar-refractivity contribution in [1.82, 2.24) is 9.88 Å². The van der Waals surface area contributed by atoms with E-state index in [0.717, 1.165) is 27.3 Å². The van der Waals surface area contributed by atoms with Crippen molar-refractivity contribution in [2.75, 3.05) is 20.3 Å². The maximum absolute atomic E-state index is 13.1. The smallest absolute Gasteiger partial charge is 0.254 e. The Labute approximate surface area is 202 Å². The molecular weight excluding hydrogens is 488 g/mol. The summed E-state index contributed by atoms with van der Waals surface area (Å²) in [6.07, 6.45) is 0.766. The molecule has 3 aromatic rings. The summed E-state index contributed by atoms with van der Waals surface area (Å²) in [5.41, 5.74) is 2.71. The molecule has 1 amide bonds. The Morgan fingerprint density at radius 3 is 2.75 bits per heavy atom. The van der Waals surface area contributed by atoms with E-state index in [-0.39, 0.29) is 5.91 Å². The van der Waals surface area contributed by atoms with Gasteiger partial charge in [-0.2, -0.15) is 0 Å². The number of nitrogens with zero attached hydrogens (tertiary/aromatic N) is 2. The van der Waals surface area contributed by atoms with Gasteiger partial charge in [0.25, 0.3) is 5.91 Å². The lowest BCUT2D eigenvalue weighted by molar-refractivity contribution is 0.0721. The van der Waals surface area contributed by atoms with Crippen molar-refractivity contribution < 1.29 is 14.3 Å². The Morgan fingerprint density at radius 1 is 1.19 bits per heavy atom.